The van der Waals surface area contributed by atoms with Crippen LogP contribution in [0.25, 0.3) is 0 Å². The maximum absolute atomic E-state index is 13.5. The van der Waals surface area contributed by atoms with E-state index in [0.29, 0.717) is 0 Å². The average molecular weight is 281 g/mol. The lowest BCUT2D eigenvalue weighted by Crippen LogP contribution is -2.09. The Balaban J connectivity index is 2.46. The molecule has 106 valence electrons. The first-order chi connectivity index (χ1) is 8.81. The van der Waals surface area contributed by atoms with E-state index < -0.39 is 29.0 Å². The highest BCUT2D eigenvalue weighted by Crippen LogP contribution is 2.22. The third-order valence-corrected chi connectivity index (χ3v) is 2.26. The number of rotatable bonds is 6. The zero-order chi connectivity index (χ0) is 14.5. The molecule has 0 saturated heterocycles. The van der Waals surface area contributed by atoms with E-state index in [1.54, 1.807) is 0 Å². The summed E-state index contributed by atoms with van der Waals surface area (Å²) < 4.78 is 53.9. The quantitative estimate of drug-likeness (QED) is 0.346. The van der Waals surface area contributed by atoms with Gasteiger partial charge in [0.1, 0.15) is 0 Å². The number of ether oxygens (including phenoxy) is 1. The van der Waals surface area contributed by atoms with E-state index in [1.807, 2.05) is 0 Å². The molecule has 0 amide bonds. The summed E-state index contributed by atoms with van der Waals surface area (Å²) in [7, 11) is 0. The van der Waals surface area contributed by atoms with Crippen molar-refractivity contribution in [3.8, 4) is 0 Å². The fraction of sp³-hybridized carbons (Fsp3) is 0.455. The van der Waals surface area contributed by atoms with Gasteiger partial charge in [0.2, 0.25) is 5.82 Å². The Morgan fingerprint density at radius 2 is 2.00 bits per heavy atom. The summed E-state index contributed by atoms with van der Waals surface area (Å²) in [6.07, 6.45) is -5.47. The van der Waals surface area contributed by atoms with Gasteiger partial charge in [0.05, 0.1) is 11.5 Å². The van der Waals surface area contributed by atoms with Gasteiger partial charge in [-0.3, -0.25) is 10.1 Å². The number of benzene rings is 1. The number of halogens is 4. The molecule has 0 aliphatic carbocycles. The van der Waals surface area contributed by atoms with Crippen molar-refractivity contribution >= 4 is 5.69 Å². The van der Waals surface area contributed by atoms with Gasteiger partial charge in [-0.15, -0.1) is 0 Å². The van der Waals surface area contributed by atoms with Crippen LogP contribution < -0.4 is 0 Å². The zero-order valence-electron chi connectivity index (χ0n) is 9.74. The van der Waals surface area contributed by atoms with Crippen molar-refractivity contribution in [1.29, 1.82) is 0 Å². The molecule has 0 aliphatic rings. The molecule has 1 aromatic rings. The van der Waals surface area contributed by atoms with Crippen LogP contribution in [0.3, 0.4) is 0 Å². The summed E-state index contributed by atoms with van der Waals surface area (Å²) in [4.78, 5) is 9.59. The number of alkyl halides is 3. The van der Waals surface area contributed by atoms with Crippen LogP contribution in [0.2, 0.25) is 0 Å². The Morgan fingerprint density at radius 3 is 2.58 bits per heavy atom. The minimum absolute atomic E-state index is 0.0544. The van der Waals surface area contributed by atoms with Gasteiger partial charge in [-0.2, -0.15) is 17.6 Å². The average Bonchev–Trinajstić information content (AvgIpc) is 2.28. The summed E-state index contributed by atoms with van der Waals surface area (Å²) in [6, 6.07) is 3.57. The third-order valence-electron chi connectivity index (χ3n) is 2.26. The van der Waals surface area contributed by atoms with Gasteiger partial charge in [0, 0.05) is 24.7 Å². The molecule has 0 radical (unpaired) electrons. The van der Waals surface area contributed by atoms with E-state index in [4.69, 9.17) is 4.74 Å². The number of nitrogens with zero attached hydrogens (tertiary/aromatic N) is 1. The molecule has 1 aromatic carbocycles. The van der Waals surface area contributed by atoms with Crippen LogP contribution in [-0.4, -0.2) is 17.7 Å². The maximum atomic E-state index is 13.5. The highest BCUT2D eigenvalue weighted by molar-refractivity contribution is 5.36. The number of hydrogen-bond donors (Lipinski definition) is 0. The second-order valence-corrected chi connectivity index (χ2v) is 3.78. The first kappa shape index (κ1) is 15.4. The van der Waals surface area contributed by atoms with Crippen molar-refractivity contribution in [2.24, 2.45) is 0 Å². The van der Waals surface area contributed by atoms with Crippen LogP contribution in [0, 0.1) is 15.9 Å². The topological polar surface area (TPSA) is 52.4 Å². The molecule has 0 saturated carbocycles. The van der Waals surface area contributed by atoms with Crippen molar-refractivity contribution in [2.45, 2.75) is 25.6 Å². The van der Waals surface area contributed by atoms with Gasteiger partial charge in [-0.05, 0) is 6.42 Å². The van der Waals surface area contributed by atoms with E-state index in [9.17, 15) is 27.7 Å². The van der Waals surface area contributed by atoms with Gasteiger partial charge in [-0.25, -0.2) is 0 Å². The molecule has 4 nitrogen and oxygen atoms in total. The molecule has 0 atom stereocenters. The molecule has 19 heavy (non-hydrogen) atoms. The standard InChI is InChI=1S/C11H11F4NO3/c12-10-8(3-1-4-9(10)16(17)18)7-19-6-2-5-11(13,14)15/h1,3-4H,2,5-7H2. The van der Waals surface area contributed by atoms with E-state index in [1.165, 1.54) is 12.1 Å². The van der Waals surface area contributed by atoms with Crippen LogP contribution >= 0.6 is 0 Å². The smallest absolute Gasteiger partial charge is 0.377 e. The number of nitro groups is 1. The molecule has 1 rings (SSSR count). The van der Waals surface area contributed by atoms with Gasteiger partial charge < -0.3 is 4.74 Å². The molecular weight excluding hydrogens is 270 g/mol. The molecule has 0 aromatic heterocycles. The van der Waals surface area contributed by atoms with Gasteiger partial charge >= 0.3 is 11.9 Å². The molecule has 0 aliphatic heterocycles. The summed E-state index contributed by atoms with van der Waals surface area (Å²) in [6.45, 7) is -0.493. The molecule has 0 N–H and O–H groups in total. The summed E-state index contributed by atoms with van der Waals surface area (Å²) >= 11 is 0. The Kier molecular flexibility index (Phi) is 5.22. The Hall–Kier alpha value is -1.70. The molecule has 0 spiro atoms. The normalized spacial score (nSPS) is 11.6. The van der Waals surface area contributed by atoms with E-state index >= 15 is 0 Å². The predicted octanol–water partition coefficient (Wildman–Crippen LogP) is 3.59. The van der Waals surface area contributed by atoms with Crippen LogP contribution in [0.15, 0.2) is 18.2 Å². The highest BCUT2D eigenvalue weighted by Gasteiger charge is 2.26. The van der Waals surface area contributed by atoms with E-state index in [2.05, 4.69) is 0 Å². The van der Waals surface area contributed by atoms with E-state index in [-0.39, 0.29) is 25.2 Å². The van der Waals surface area contributed by atoms with Crippen molar-refractivity contribution in [3.63, 3.8) is 0 Å². The predicted molar refractivity (Wildman–Crippen MR) is 58.0 cm³/mol. The Bertz CT molecular complexity index is 448. The largest absolute Gasteiger partial charge is 0.389 e. The SMILES string of the molecule is O=[N+]([O-])c1cccc(COCCCC(F)(F)F)c1F. The van der Waals surface area contributed by atoms with Gasteiger partial charge in [-0.1, -0.05) is 12.1 Å². The van der Waals surface area contributed by atoms with Crippen LogP contribution in [0.4, 0.5) is 23.2 Å². The van der Waals surface area contributed by atoms with Crippen LogP contribution in [0.1, 0.15) is 18.4 Å². The van der Waals surface area contributed by atoms with Crippen LogP contribution in [-0.2, 0) is 11.3 Å². The first-order valence-corrected chi connectivity index (χ1v) is 5.37. The lowest BCUT2D eigenvalue weighted by Gasteiger charge is -2.07. The fourth-order valence-corrected chi connectivity index (χ4v) is 1.38. The summed E-state index contributed by atoms with van der Waals surface area (Å²) in [5.41, 5.74) is -0.738. The van der Waals surface area contributed by atoms with Crippen molar-refractivity contribution < 1.29 is 27.2 Å². The lowest BCUT2D eigenvalue weighted by molar-refractivity contribution is -0.387. The molecule has 0 bridgehead atoms. The van der Waals surface area contributed by atoms with Gasteiger partial charge in [0.15, 0.2) is 0 Å². The molecule has 0 unspecified atom stereocenters. The monoisotopic (exact) mass is 281 g/mol. The number of nitro benzene ring substituents is 1. The molecular formula is C11H11F4NO3. The minimum atomic E-state index is -4.25. The van der Waals surface area contributed by atoms with Crippen molar-refractivity contribution in [1.82, 2.24) is 0 Å². The second-order valence-electron chi connectivity index (χ2n) is 3.78. The Labute approximate surface area is 106 Å². The van der Waals surface area contributed by atoms with Crippen molar-refractivity contribution in [2.75, 3.05) is 6.61 Å². The maximum Gasteiger partial charge on any atom is 0.389 e. The molecule has 0 fully saturated rings. The van der Waals surface area contributed by atoms with E-state index in [0.717, 1.165) is 6.07 Å². The lowest BCUT2D eigenvalue weighted by atomic mass is 10.2. The second kappa shape index (κ2) is 6.46. The molecule has 8 heteroatoms. The third kappa shape index (κ3) is 5.21. The van der Waals surface area contributed by atoms with Crippen LogP contribution in [0.5, 0.6) is 0 Å². The minimum Gasteiger partial charge on any atom is -0.377 e. The number of hydrogen-bond acceptors (Lipinski definition) is 3. The summed E-state index contributed by atoms with van der Waals surface area (Å²) in [5, 5.41) is 10.5. The van der Waals surface area contributed by atoms with Gasteiger partial charge in [0.25, 0.3) is 0 Å². The fourth-order valence-electron chi connectivity index (χ4n) is 1.38. The molecule has 0 heterocycles. The summed E-state index contributed by atoms with van der Waals surface area (Å²) in [5.74, 6) is -1.02. The highest BCUT2D eigenvalue weighted by atomic mass is 19.4. The first-order valence-electron chi connectivity index (χ1n) is 5.37. The zero-order valence-corrected chi connectivity index (χ0v) is 9.74. The Morgan fingerprint density at radius 1 is 1.32 bits per heavy atom. The van der Waals surface area contributed by atoms with Crippen molar-refractivity contribution in [3.05, 3.63) is 39.7 Å².